The van der Waals surface area contributed by atoms with E-state index in [-0.39, 0.29) is 5.91 Å². The van der Waals surface area contributed by atoms with Gasteiger partial charge in [0.2, 0.25) is 0 Å². The molecule has 0 bridgehead atoms. The molecule has 0 saturated heterocycles. The highest BCUT2D eigenvalue weighted by Gasteiger charge is 2.15. The van der Waals surface area contributed by atoms with Gasteiger partial charge in [0.1, 0.15) is 0 Å². The highest BCUT2D eigenvalue weighted by molar-refractivity contribution is 5.97. The second-order valence-electron chi connectivity index (χ2n) is 5.39. The summed E-state index contributed by atoms with van der Waals surface area (Å²) in [6, 6.07) is 13.7. The van der Waals surface area contributed by atoms with Gasteiger partial charge in [-0.1, -0.05) is 35.9 Å². The van der Waals surface area contributed by atoms with E-state index in [1.165, 1.54) is 18.2 Å². The van der Waals surface area contributed by atoms with E-state index in [1.54, 1.807) is 25.3 Å². The minimum atomic E-state index is -0.148. The summed E-state index contributed by atoms with van der Waals surface area (Å²) >= 11 is 0. The van der Waals surface area contributed by atoms with Gasteiger partial charge in [-0.3, -0.25) is 4.79 Å². The summed E-state index contributed by atoms with van der Waals surface area (Å²) in [5, 5.41) is 2.94. The quantitative estimate of drug-likeness (QED) is 0.797. The molecule has 0 unspecified atom stereocenters. The lowest BCUT2D eigenvalue weighted by molar-refractivity contribution is 0.0949. The average Bonchev–Trinajstić information content (AvgIpc) is 2.57. The Labute approximate surface area is 137 Å². The maximum atomic E-state index is 12.3. The summed E-state index contributed by atoms with van der Waals surface area (Å²) in [6.45, 7) is 2.70. The predicted octanol–water partition coefficient (Wildman–Crippen LogP) is 3.37. The Hall–Kier alpha value is -2.49. The second-order valence-corrected chi connectivity index (χ2v) is 5.39. The first-order chi connectivity index (χ1) is 11.2. The fourth-order valence-corrected chi connectivity index (χ4v) is 2.52. The Morgan fingerprint density at radius 1 is 1.09 bits per heavy atom. The van der Waals surface area contributed by atoms with E-state index < -0.39 is 0 Å². The molecule has 1 N–H and O–H groups in total. The van der Waals surface area contributed by atoms with Gasteiger partial charge in [-0.05, 0) is 37.5 Å². The molecule has 2 aromatic carbocycles. The molecule has 0 heterocycles. The number of hydrogen-bond donors (Lipinski definition) is 1. The second kappa shape index (κ2) is 8.22. The van der Waals surface area contributed by atoms with Gasteiger partial charge < -0.3 is 14.8 Å². The number of nitrogens with one attached hydrogen (secondary N) is 1. The Kier molecular flexibility index (Phi) is 6.03. The van der Waals surface area contributed by atoms with Gasteiger partial charge in [-0.2, -0.15) is 0 Å². The standard InChI is InChI=1S/C19H23NO3/c1-14-7-4-8-15(13-14)9-6-12-20-19(21)16-10-5-11-17(22-2)18(16)23-3/h4-5,7-8,10-11,13H,6,9,12H2,1-3H3,(H,20,21). The zero-order valence-electron chi connectivity index (χ0n) is 13.9. The van der Waals surface area contributed by atoms with Crippen molar-refractivity contribution in [3.8, 4) is 11.5 Å². The normalized spacial score (nSPS) is 10.2. The fourth-order valence-electron chi connectivity index (χ4n) is 2.52. The molecule has 2 rings (SSSR count). The third-order valence-corrected chi connectivity index (χ3v) is 3.66. The van der Waals surface area contributed by atoms with Crippen molar-refractivity contribution < 1.29 is 14.3 Å². The summed E-state index contributed by atoms with van der Waals surface area (Å²) in [4.78, 5) is 12.3. The molecule has 0 radical (unpaired) electrons. The van der Waals surface area contributed by atoms with Crippen LogP contribution in [0.5, 0.6) is 11.5 Å². The van der Waals surface area contributed by atoms with Crippen LogP contribution in [0.15, 0.2) is 42.5 Å². The number of ether oxygens (including phenoxy) is 2. The van der Waals surface area contributed by atoms with Crippen molar-refractivity contribution in [1.82, 2.24) is 5.32 Å². The van der Waals surface area contributed by atoms with Crippen molar-refractivity contribution in [2.24, 2.45) is 0 Å². The van der Waals surface area contributed by atoms with E-state index in [9.17, 15) is 4.79 Å². The molecular weight excluding hydrogens is 290 g/mol. The molecule has 1 amide bonds. The van der Waals surface area contributed by atoms with Crippen LogP contribution >= 0.6 is 0 Å². The molecular formula is C19H23NO3. The molecule has 0 atom stereocenters. The molecule has 0 spiro atoms. The number of benzene rings is 2. The van der Waals surface area contributed by atoms with E-state index in [2.05, 4.69) is 36.5 Å². The van der Waals surface area contributed by atoms with Crippen LogP contribution in [0.1, 0.15) is 27.9 Å². The molecule has 0 fully saturated rings. The molecule has 0 aliphatic heterocycles. The maximum absolute atomic E-state index is 12.3. The lowest BCUT2D eigenvalue weighted by Gasteiger charge is -2.12. The van der Waals surface area contributed by atoms with Crippen molar-refractivity contribution in [1.29, 1.82) is 0 Å². The first kappa shape index (κ1) is 16.9. The number of para-hydroxylation sites is 1. The number of carbonyl (C=O) groups excluding carboxylic acids is 1. The van der Waals surface area contributed by atoms with Crippen LogP contribution in [0.4, 0.5) is 0 Å². The van der Waals surface area contributed by atoms with Gasteiger partial charge in [0, 0.05) is 6.54 Å². The van der Waals surface area contributed by atoms with Crippen LogP contribution in [0.2, 0.25) is 0 Å². The molecule has 0 aliphatic rings. The summed E-state index contributed by atoms with van der Waals surface area (Å²) in [6.07, 6.45) is 1.83. The summed E-state index contributed by atoms with van der Waals surface area (Å²) in [5.41, 5.74) is 3.04. The van der Waals surface area contributed by atoms with Crippen LogP contribution in [0.3, 0.4) is 0 Å². The lowest BCUT2D eigenvalue weighted by Crippen LogP contribution is -2.25. The Morgan fingerprint density at radius 2 is 1.87 bits per heavy atom. The molecule has 23 heavy (non-hydrogen) atoms. The lowest BCUT2D eigenvalue weighted by atomic mass is 10.1. The largest absolute Gasteiger partial charge is 0.493 e. The maximum Gasteiger partial charge on any atom is 0.255 e. The molecule has 4 nitrogen and oxygen atoms in total. The van der Waals surface area contributed by atoms with Gasteiger partial charge in [0.15, 0.2) is 11.5 Å². The minimum Gasteiger partial charge on any atom is -0.493 e. The van der Waals surface area contributed by atoms with Gasteiger partial charge >= 0.3 is 0 Å². The molecule has 2 aromatic rings. The van der Waals surface area contributed by atoms with E-state index in [1.807, 2.05) is 0 Å². The third-order valence-electron chi connectivity index (χ3n) is 3.66. The van der Waals surface area contributed by atoms with Gasteiger partial charge in [0.25, 0.3) is 5.91 Å². The van der Waals surface area contributed by atoms with Crippen molar-refractivity contribution >= 4 is 5.91 Å². The SMILES string of the molecule is COc1cccc(C(=O)NCCCc2cccc(C)c2)c1OC. The van der Waals surface area contributed by atoms with Crippen molar-refractivity contribution in [3.63, 3.8) is 0 Å². The highest BCUT2D eigenvalue weighted by atomic mass is 16.5. The van der Waals surface area contributed by atoms with E-state index in [0.717, 1.165) is 12.8 Å². The number of rotatable bonds is 7. The van der Waals surface area contributed by atoms with Crippen LogP contribution in [-0.4, -0.2) is 26.7 Å². The van der Waals surface area contributed by atoms with Gasteiger partial charge in [-0.15, -0.1) is 0 Å². The number of hydrogen-bond acceptors (Lipinski definition) is 3. The van der Waals surface area contributed by atoms with Crippen molar-refractivity contribution in [2.45, 2.75) is 19.8 Å². The Balaban J connectivity index is 1.90. The first-order valence-electron chi connectivity index (χ1n) is 7.70. The zero-order valence-corrected chi connectivity index (χ0v) is 13.9. The summed E-state index contributed by atoms with van der Waals surface area (Å²) < 4.78 is 10.5. The number of carbonyl (C=O) groups is 1. The van der Waals surface area contributed by atoms with E-state index in [0.29, 0.717) is 23.6 Å². The van der Waals surface area contributed by atoms with E-state index >= 15 is 0 Å². The van der Waals surface area contributed by atoms with Gasteiger partial charge in [0.05, 0.1) is 19.8 Å². The summed E-state index contributed by atoms with van der Waals surface area (Å²) in [7, 11) is 3.09. The molecule has 4 heteroatoms. The monoisotopic (exact) mass is 313 g/mol. The van der Waals surface area contributed by atoms with Crippen LogP contribution in [0, 0.1) is 6.92 Å². The first-order valence-corrected chi connectivity index (χ1v) is 7.70. The van der Waals surface area contributed by atoms with E-state index in [4.69, 9.17) is 9.47 Å². The topological polar surface area (TPSA) is 47.6 Å². The van der Waals surface area contributed by atoms with Crippen LogP contribution in [0.25, 0.3) is 0 Å². The van der Waals surface area contributed by atoms with Gasteiger partial charge in [-0.25, -0.2) is 0 Å². The zero-order chi connectivity index (χ0) is 16.7. The third kappa shape index (κ3) is 4.49. The van der Waals surface area contributed by atoms with Crippen molar-refractivity contribution in [3.05, 3.63) is 59.2 Å². The Bertz CT molecular complexity index is 667. The predicted molar refractivity (Wildman–Crippen MR) is 91.4 cm³/mol. The van der Waals surface area contributed by atoms with Crippen molar-refractivity contribution in [2.75, 3.05) is 20.8 Å². The van der Waals surface area contributed by atoms with Crippen LogP contribution < -0.4 is 14.8 Å². The molecule has 0 aromatic heterocycles. The average molecular weight is 313 g/mol. The molecule has 0 saturated carbocycles. The summed E-state index contributed by atoms with van der Waals surface area (Å²) in [5.74, 6) is 0.871. The Morgan fingerprint density at radius 3 is 2.57 bits per heavy atom. The minimum absolute atomic E-state index is 0.148. The fraction of sp³-hybridized carbons (Fsp3) is 0.316. The highest BCUT2D eigenvalue weighted by Crippen LogP contribution is 2.30. The molecule has 0 aliphatic carbocycles. The number of amides is 1. The number of methoxy groups -OCH3 is 2. The molecule has 122 valence electrons. The van der Waals surface area contributed by atoms with Crippen LogP contribution in [-0.2, 0) is 6.42 Å². The number of aryl methyl sites for hydroxylation is 2. The smallest absolute Gasteiger partial charge is 0.255 e.